The average Bonchev–Trinajstić information content (AvgIpc) is 3.33. The van der Waals surface area contributed by atoms with Crippen LogP contribution in [-0.4, -0.2) is 35.0 Å². The fraction of sp³-hybridized carbons (Fsp3) is 0.227. The molecule has 3 heterocycles. The summed E-state index contributed by atoms with van der Waals surface area (Å²) in [5, 5.41) is 5.13. The zero-order valence-electron chi connectivity index (χ0n) is 16.9. The molecule has 4 rings (SSSR count). The number of nitrogens with zero attached hydrogens (tertiary/aromatic N) is 3. The molecule has 0 unspecified atom stereocenters. The number of rotatable bonds is 5. The predicted octanol–water partition coefficient (Wildman–Crippen LogP) is 4.55. The van der Waals surface area contributed by atoms with Gasteiger partial charge in [0.05, 0.1) is 33.2 Å². The number of thiophene rings is 1. The van der Waals surface area contributed by atoms with Crippen molar-refractivity contribution < 1.29 is 4.79 Å². The van der Waals surface area contributed by atoms with Crippen molar-refractivity contribution in [1.82, 2.24) is 20.3 Å². The lowest BCUT2D eigenvalue weighted by Gasteiger charge is -2.18. The van der Waals surface area contributed by atoms with Crippen LogP contribution in [0.5, 0.6) is 0 Å². The molecule has 1 atom stereocenters. The summed E-state index contributed by atoms with van der Waals surface area (Å²) in [6, 6.07) is 13.4. The van der Waals surface area contributed by atoms with Gasteiger partial charge in [0.1, 0.15) is 11.6 Å². The van der Waals surface area contributed by atoms with E-state index in [4.69, 9.17) is 4.98 Å². The maximum Gasteiger partial charge on any atom is 0.255 e. The number of para-hydroxylation sites is 2. The molecule has 3 aromatic heterocycles. The summed E-state index contributed by atoms with van der Waals surface area (Å²) in [6.45, 7) is 3.98. The van der Waals surface area contributed by atoms with E-state index in [1.807, 2.05) is 62.3 Å². The van der Waals surface area contributed by atoms with Gasteiger partial charge in [0, 0.05) is 14.1 Å². The number of H-pyrrole nitrogens is 1. The largest absolute Gasteiger partial charge is 0.362 e. The molecular formula is C22H23N5OS. The monoisotopic (exact) mass is 405 g/mol. The number of carbonyl (C=O) groups is 1. The zero-order chi connectivity index (χ0) is 20.5. The number of imidazole rings is 1. The van der Waals surface area contributed by atoms with Gasteiger partial charge in [-0.1, -0.05) is 12.1 Å². The topological polar surface area (TPSA) is 73.9 Å². The summed E-state index contributed by atoms with van der Waals surface area (Å²) in [6.07, 6.45) is 0. The Morgan fingerprint density at radius 1 is 1.17 bits per heavy atom. The van der Waals surface area contributed by atoms with E-state index in [0.717, 1.165) is 27.4 Å². The minimum Gasteiger partial charge on any atom is -0.362 e. The molecule has 4 aromatic rings. The van der Waals surface area contributed by atoms with E-state index in [2.05, 4.69) is 33.7 Å². The van der Waals surface area contributed by atoms with E-state index in [-0.39, 0.29) is 11.9 Å². The van der Waals surface area contributed by atoms with Gasteiger partial charge in [0.2, 0.25) is 0 Å². The molecule has 1 aromatic carbocycles. The number of anilines is 1. The molecule has 0 spiro atoms. The molecule has 0 aliphatic heterocycles. The summed E-state index contributed by atoms with van der Waals surface area (Å²) in [4.78, 5) is 28.6. The quantitative estimate of drug-likeness (QED) is 0.511. The van der Waals surface area contributed by atoms with E-state index < -0.39 is 0 Å². The maximum absolute atomic E-state index is 13.0. The number of aromatic nitrogens is 3. The molecular weight excluding hydrogens is 382 g/mol. The van der Waals surface area contributed by atoms with Gasteiger partial charge in [0.15, 0.2) is 0 Å². The Morgan fingerprint density at radius 3 is 2.66 bits per heavy atom. The SMILES string of the molecule is Cc1csc(-c2ccc(C(=O)N[C@H](C)c3nc4ccccc4[nH]3)c(N(C)C)n2)c1. The first kappa shape index (κ1) is 19.1. The number of hydrogen-bond donors (Lipinski definition) is 2. The molecule has 7 heteroatoms. The van der Waals surface area contributed by atoms with Crippen molar-refractivity contribution in [2.24, 2.45) is 0 Å². The van der Waals surface area contributed by atoms with Crippen molar-refractivity contribution in [1.29, 1.82) is 0 Å². The molecule has 2 N–H and O–H groups in total. The Bertz CT molecular complexity index is 1140. The van der Waals surface area contributed by atoms with Crippen LogP contribution >= 0.6 is 11.3 Å². The summed E-state index contributed by atoms with van der Waals surface area (Å²) < 4.78 is 0. The van der Waals surface area contributed by atoms with Gasteiger partial charge in [-0.3, -0.25) is 4.79 Å². The first-order chi connectivity index (χ1) is 13.9. The first-order valence-corrected chi connectivity index (χ1v) is 10.3. The third-order valence-corrected chi connectivity index (χ3v) is 5.76. The van der Waals surface area contributed by atoms with Crippen molar-refractivity contribution >= 4 is 34.1 Å². The third-order valence-electron chi connectivity index (χ3n) is 4.69. The van der Waals surface area contributed by atoms with Crippen molar-refractivity contribution in [3.05, 3.63) is 64.8 Å². The van der Waals surface area contributed by atoms with Crippen molar-refractivity contribution in [2.75, 3.05) is 19.0 Å². The van der Waals surface area contributed by atoms with Crippen LogP contribution in [0.2, 0.25) is 0 Å². The van der Waals surface area contributed by atoms with Crippen LogP contribution in [-0.2, 0) is 0 Å². The molecule has 0 saturated heterocycles. The van der Waals surface area contributed by atoms with Crippen molar-refractivity contribution in [2.45, 2.75) is 19.9 Å². The first-order valence-electron chi connectivity index (χ1n) is 9.42. The average molecular weight is 406 g/mol. The molecule has 0 radical (unpaired) electrons. The van der Waals surface area contributed by atoms with Gasteiger partial charge < -0.3 is 15.2 Å². The van der Waals surface area contributed by atoms with E-state index in [1.165, 1.54) is 5.56 Å². The van der Waals surface area contributed by atoms with Crippen LogP contribution in [0, 0.1) is 6.92 Å². The second-order valence-corrected chi connectivity index (χ2v) is 8.20. The second-order valence-electron chi connectivity index (χ2n) is 7.28. The number of amides is 1. The van der Waals surface area contributed by atoms with Crippen LogP contribution in [0.3, 0.4) is 0 Å². The molecule has 0 aliphatic rings. The Morgan fingerprint density at radius 2 is 1.97 bits per heavy atom. The van der Waals surface area contributed by atoms with Gasteiger partial charge in [-0.2, -0.15) is 0 Å². The fourth-order valence-corrected chi connectivity index (χ4v) is 4.06. The summed E-state index contributed by atoms with van der Waals surface area (Å²) in [7, 11) is 3.79. The van der Waals surface area contributed by atoms with Crippen LogP contribution in [0.25, 0.3) is 21.6 Å². The number of fused-ring (bicyclic) bond motifs is 1. The molecule has 0 fully saturated rings. The number of pyridine rings is 1. The van der Waals surface area contributed by atoms with E-state index in [0.29, 0.717) is 11.4 Å². The number of nitrogens with one attached hydrogen (secondary N) is 2. The lowest BCUT2D eigenvalue weighted by atomic mass is 10.1. The van der Waals surface area contributed by atoms with Gasteiger partial charge in [0.25, 0.3) is 5.91 Å². The highest BCUT2D eigenvalue weighted by molar-refractivity contribution is 7.13. The molecule has 0 bridgehead atoms. The lowest BCUT2D eigenvalue weighted by Crippen LogP contribution is -2.29. The highest BCUT2D eigenvalue weighted by Gasteiger charge is 2.20. The molecule has 6 nitrogen and oxygen atoms in total. The predicted molar refractivity (Wildman–Crippen MR) is 119 cm³/mol. The lowest BCUT2D eigenvalue weighted by molar-refractivity contribution is 0.0938. The molecule has 148 valence electrons. The number of hydrogen-bond acceptors (Lipinski definition) is 5. The number of aryl methyl sites for hydroxylation is 1. The summed E-state index contributed by atoms with van der Waals surface area (Å²) >= 11 is 1.65. The molecule has 1 amide bonds. The highest BCUT2D eigenvalue weighted by atomic mass is 32.1. The minimum atomic E-state index is -0.260. The summed E-state index contributed by atoms with van der Waals surface area (Å²) in [5.74, 6) is 1.19. The van der Waals surface area contributed by atoms with Crippen molar-refractivity contribution in [3.63, 3.8) is 0 Å². The zero-order valence-corrected chi connectivity index (χ0v) is 17.7. The van der Waals surface area contributed by atoms with E-state index in [1.54, 1.807) is 11.3 Å². The fourth-order valence-electron chi connectivity index (χ4n) is 3.19. The van der Waals surface area contributed by atoms with Crippen LogP contribution in [0.15, 0.2) is 47.8 Å². The van der Waals surface area contributed by atoms with E-state index >= 15 is 0 Å². The van der Waals surface area contributed by atoms with Gasteiger partial charge in [-0.25, -0.2) is 9.97 Å². The third kappa shape index (κ3) is 3.86. The Kier molecular flexibility index (Phi) is 5.07. The molecule has 0 saturated carbocycles. The van der Waals surface area contributed by atoms with Gasteiger partial charge in [-0.15, -0.1) is 11.3 Å². The van der Waals surface area contributed by atoms with Crippen LogP contribution in [0.1, 0.15) is 34.7 Å². The van der Waals surface area contributed by atoms with E-state index in [9.17, 15) is 4.79 Å². The molecule has 0 aliphatic carbocycles. The smallest absolute Gasteiger partial charge is 0.255 e. The standard InChI is InChI=1S/C22H23N5OS/c1-13-11-19(29-12-13)18-10-9-15(21(26-18)27(3)4)22(28)23-14(2)20-24-16-7-5-6-8-17(16)25-20/h5-12,14H,1-4H3,(H,23,28)(H,24,25)/t14-/m1/s1. The second kappa shape index (κ2) is 7.67. The number of aromatic amines is 1. The Balaban J connectivity index is 1.60. The normalized spacial score (nSPS) is 12.1. The maximum atomic E-state index is 13.0. The van der Waals surface area contributed by atoms with Crippen molar-refractivity contribution in [3.8, 4) is 10.6 Å². The highest BCUT2D eigenvalue weighted by Crippen LogP contribution is 2.28. The van der Waals surface area contributed by atoms with Crippen LogP contribution < -0.4 is 10.2 Å². The Hall–Kier alpha value is -3.19. The van der Waals surface area contributed by atoms with Crippen LogP contribution in [0.4, 0.5) is 5.82 Å². The Labute approximate surface area is 173 Å². The van der Waals surface area contributed by atoms with Gasteiger partial charge >= 0.3 is 0 Å². The molecule has 29 heavy (non-hydrogen) atoms. The number of benzene rings is 1. The summed E-state index contributed by atoms with van der Waals surface area (Å²) in [5.41, 5.74) is 4.45. The van der Waals surface area contributed by atoms with Gasteiger partial charge in [-0.05, 0) is 55.1 Å². The number of carbonyl (C=O) groups excluding carboxylic acids is 1. The minimum absolute atomic E-state index is 0.178.